The number of amides is 1. The number of hydrogen-bond acceptors (Lipinski definition) is 6. The molecular weight excluding hydrogens is 425 g/mol. The van der Waals surface area contributed by atoms with Crippen LogP contribution in [0, 0.1) is 12.7 Å². The van der Waals surface area contributed by atoms with Crippen LogP contribution in [-0.2, 0) is 11.3 Å². The Morgan fingerprint density at radius 2 is 2.00 bits per heavy atom. The fraction of sp³-hybridized carbons (Fsp3) is 0.208. The molecule has 0 saturated heterocycles. The van der Waals surface area contributed by atoms with Gasteiger partial charge in [0.25, 0.3) is 0 Å². The van der Waals surface area contributed by atoms with E-state index in [4.69, 9.17) is 15.2 Å². The molecule has 170 valence electrons. The number of ether oxygens (including phenoxy) is 2. The summed E-state index contributed by atoms with van der Waals surface area (Å²) < 4.78 is 26.2. The van der Waals surface area contributed by atoms with Gasteiger partial charge in [0.15, 0.2) is 11.6 Å². The maximum absolute atomic E-state index is 13.6. The second-order valence-corrected chi connectivity index (χ2v) is 7.43. The zero-order chi connectivity index (χ0) is 23.4. The number of nitrogens with zero attached hydrogens (tertiary/aromatic N) is 3. The summed E-state index contributed by atoms with van der Waals surface area (Å²) in [6.07, 6.45) is 1.58. The molecule has 0 aliphatic carbocycles. The fourth-order valence-corrected chi connectivity index (χ4v) is 3.61. The van der Waals surface area contributed by atoms with Crippen LogP contribution in [0.1, 0.15) is 21.6 Å². The van der Waals surface area contributed by atoms with E-state index in [9.17, 15) is 9.18 Å². The van der Waals surface area contributed by atoms with E-state index < -0.39 is 5.91 Å². The Bertz CT molecular complexity index is 1300. The number of carbonyl (C=O) groups excluding carboxylic acids is 1. The van der Waals surface area contributed by atoms with Crippen LogP contribution in [0.5, 0.6) is 5.75 Å². The number of methoxy groups -OCH3 is 1. The van der Waals surface area contributed by atoms with Crippen molar-refractivity contribution in [3.8, 4) is 11.7 Å². The highest BCUT2D eigenvalue weighted by Gasteiger charge is 2.17. The van der Waals surface area contributed by atoms with Crippen LogP contribution in [0.2, 0.25) is 0 Å². The molecule has 0 fully saturated rings. The molecule has 3 N–H and O–H groups in total. The van der Waals surface area contributed by atoms with E-state index in [1.807, 2.05) is 29.7 Å². The standard InChI is InChI=1S/C24H24FN5O3/c1-15-11-19-18(22(26)31)7-4-8-20(19)30(15)24-28-14-21(33-10-9-32-2)23(29-24)27-13-16-5-3-6-17(25)12-16/h3-8,11-12,14H,9-10,13H2,1-2H3,(H2,26,31)(H,27,28,29). The van der Waals surface area contributed by atoms with E-state index in [0.717, 1.165) is 22.2 Å². The monoisotopic (exact) mass is 449 g/mol. The van der Waals surface area contributed by atoms with Gasteiger partial charge in [-0.05, 0) is 42.8 Å². The lowest BCUT2D eigenvalue weighted by molar-refractivity contribution is 0.100. The molecule has 8 nitrogen and oxygen atoms in total. The van der Waals surface area contributed by atoms with Crippen LogP contribution < -0.4 is 15.8 Å². The molecule has 0 aliphatic rings. The summed E-state index contributed by atoms with van der Waals surface area (Å²) in [4.78, 5) is 21.0. The second-order valence-electron chi connectivity index (χ2n) is 7.43. The van der Waals surface area contributed by atoms with Crippen LogP contribution in [-0.4, -0.2) is 40.8 Å². The van der Waals surface area contributed by atoms with Gasteiger partial charge in [0, 0.05) is 30.3 Å². The Morgan fingerprint density at radius 3 is 2.76 bits per heavy atom. The van der Waals surface area contributed by atoms with Gasteiger partial charge in [-0.3, -0.25) is 9.36 Å². The predicted molar refractivity (Wildman–Crippen MR) is 123 cm³/mol. The Labute approximate surface area is 190 Å². The molecule has 1 amide bonds. The zero-order valence-electron chi connectivity index (χ0n) is 18.3. The highest BCUT2D eigenvalue weighted by Crippen LogP contribution is 2.28. The molecule has 33 heavy (non-hydrogen) atoms. The molecule has 0 atom stereocenters. The van der Waals surface area contributed by atoms with Crippen molar-refractivity contribution in [1.29, 1.82) is 0 Å². The smallest absolute Gasteiger partial charge is 0.249 e. The number of anilines is 1. The van der Waals surface area contributed by atoms with E-state index >= 15 is 0 Å². The van der Waals surface area contributed by atoms with Crippen LogP contribution in [0.3, 0.4) is 0 Å². The molecular formula is C24H24FN5O3. The summed E-state index contributed by atoms with van der Waals surface area (Å²) >= 11 is 0. The quantitative estimate of drug-likeness (QED) is 0.379. The minimum atomic E-state index is -0.502. The third-order valence-corrected chi connectivity index (χ3v) is 5.13. The number of halogens is 1. The minimum absolute atomic E-state index is 0.311. The van der Waals surface area contributed by atoms with Crippen LogP contribution >= 0.6 is 0 Å². The van der Waals surface area contributed by atoms with E-state index in [-0.39, 0.29) is 5.82 Å². The molecule has 0 spiro atoms. The normalized spacial score (nSPS) is 11.0. The van der Waals surface area contributed by atoms with Crippen LogP contribution in [0.4, 0.5) is 10.2 Å². The van der Waals surface area contributed by atoms with Crippen molar-refractivity contribution in [3.63, 3.8) is 0 Å². The van der Waals surface area contributed by atoms with Gasteiger partial charge in [0.1, 0.15) is 12.4 Å². The summed E-state index contributed by atoms with van der Waals surface area (Å²) in [5, 5.41) is 3.94. The number of benzene rings is 2. The number of rotatable bonds is 9. The first kappa shape index (κ1) is 22.2. The SMILES string of the molecule is COCCOc1cnc(-n2c(C)cc3c(C(N)=O)cccc32)nc1NCc1cccc(F)c1. The number of hydrogen-bond donors (Lipinski definition) is 2. The molecule has 0 aliphatic heterocycles. The Morgan fingerprint density at radius 1 is 1.18 bits per heavy atom. The van der Waals surface area contributed by atoms with Gasteiger partial charge >= 0.3 is 0 Å². The van der Waals surface area contributed by atoms with Crippen molar-refractivity contribution in [2.45, 2.75) is 13.5 Å². The molecule has 0 bridgehead atoms. The average Bonchev–Trinajstić information content (AvgIpc) is 3.14. The van der Waals surface area contributed by atoms with Gasteiger partial charge in [0.2, 0.25) is 11.9 Å². The van der Waals surface area contributed by atoms with Crippen molar-refractivity contribution in [3.05, 3.63) is 77.4 Å². The van der Waals surface area contributed by atoms with E-state index in [1.54, 1.807) is 31.5 Å². The van der Waals surface area contributed by atoms with Gasteiger partial charge in [-0.1, -0.05) is 18.2 Å². The topological polar surface area (TPSA) is 104 Å². The number of nitrogens with one attached hydrogen (secondary N) is 1. The Balaban J connectivity index is 1.73. The first-order chi connectivity index (χ1) is 16.0. The van der Waals surface area contributed by atoms with Crippen molar-refractivity contribution in [1.82, 2.24) is 14.5 Å². The highest BCUT2D eigenvalue weighted by atomic mass is 19.1. The number of nitrogens with two attached hydrogens (primary N) is 1. The lowest BCUT2D eigenvalue weighted by Crippen LogP contribution is -2.12. The van der Waals surface area contributed by atoms with Gasteiger partial charge in [0.05, 0.1) is 18.3 Å². The van der Waals surface area contributed by atoms with E-state index in [0.29, 0.717) is 42.8 Å². The first-order valence-corrected chi connectivity index (χ1v) is 10.4. The molecule has 0 radical (unpaired) electrons. The zero-order valence-corrected chi connectivity index (χ0v) is 18.3. The van der Waals surface area contributed by atoms with Crippen molar-refractivity contribution in [2.75, 3.05) is 25.6 Å². The number of aryl methyl sites for hydroxylation is 1. The molecule has 0 unspecified atom stereocenters. The fourth-order valence-electron chi connectivity index (χ4n) is 3.61. The van der Waals surface area contributed by atoms with Crippen molar-refractivity contribution in [2.24, 2.45) is 5.73 Å². The third kappa shape index (κ3) is 4.78. The Hall–Kier alpha value is -3.98. The Kier molecular flexibility index (Phi) is 6.50. The summed E-state index contributed by atoms with van der Waals surface area (Å²) in [7, 11) is 1.59. The molecule has 4 rings (SSSR count). The summed E-state index contributed by atoms with van der Waals surface area (Å²) in [5.41, 5.74) is 8.32. The van der Waals surface area contributed by atoms with E-state index in [2.05, 4.69) is 15.3 Å². The number of carbonyl (C=O) groups is 1. The van der Waals surface area contributed by atoms with Gasteiger partial charge in [-0.2, -0.15) is 4.98 Å². The third-order valence-electron chi connectivity index (χ3n) is 5.13. The molecule has 4 aromatic rings. The first-order valence-electron chi connectivity index (χ1n) is 10.4. The average molecular weight is 449 g/mol. The van der Waals surface area contributed by atoms with Crippen molar-refractivity contribution < 1.29 is 18.7 Å². The second kappa shape index (κ2) is 9.66. The largest absolute Gasteiger partial charge is 0.486 e. The molecule has 0 saturated carbocycles. The van der Waals surface area contributed by atoms with Crippen LogP contribution in [0.15, 0.2) is 54.7 Å². The molecule has 2 aromatic carbocycles. The van der Waals surface area contributed by atoms with Gasteiger partial charge < -0.3 is 20.5 Å². The lowest BCUT2D eigenvalue weighted by atomic mass is 10.1. The maximum Gasteiger partial charge on any atom is 0.249 e. The van der Waals surface area contributed by atoms with Gasteiger partial charge in [-0.15, -0.1) is 0 Å². The molecule has 2 aromatic heterocycles. The number of fused-ring (bicyclic) bond motifs is 1. The number of aromatic nitrogens is 3. The maximum atomic E-state index is 13.6. The minimum Gasteiger partial charge on any atom is -0.486 e. The molecule has 9 heteroatoms. The molecule has 2 heterocycles. The highest BCUT2D eigenvalue weighted by molar-refractivity contribution is 6.06. The summed E-state index contributed by atoms with van der Waals surface area (Å²) in [5.74, 6) is 0.476. The lowest BCUT2D eigenvalue weighted by Gasteiger charge is -2.15. The van der Waals surface area contributed by atoms with Crippen molar-refractivity contribution >= 4 is 22.6 Å². The van der Waals surface area contributed by atoms with E-state index in [1.165, 1.54) is 12.1 Å². The summed E-state index contributed by atoms with van der Waals surface area (Å²) in [6, 6.07) is 13.5. The van der Waals surface area contributed by atoms with Crippen LogP contribution in [0.25, 0.3) is 16.9 Å². The predicted octanol–water partition coefficient (Wildman–Crippen LogP) is 3.60. The summed E-state index contributed by atoms with van der Waals surface area (Å²) in [6.45, 7) is 2.96. The number of primary amides is 1. The van der Waals surface area contributed by atoms with Gasteiger partial charge in [-0.25, -0.2) is 9.37 Å².